The summed E-state index contributed by atoms with van der Waals surface area (Å²) in [5.74, 6) is -0.968. The topological polar surface area (TPSA) is 147 Å². The molecule has 4 N–H and O–H groups in total. The van der Waals surface area contributed by atoms with Crippen LogP contribution in [-0.4, -0.2) is 40.1 Å². The standard InChI is InChI=1S/C27H33N5O4/c1-26(2,3)36-25(35)32-27(12-5-4-6-13-27)24(34)31-21(17-28)15-18-7-9-19(10-8-18)20-11-14-30-22(16-20)23(29)33/h7-11,14,16,21H,4-6,12-13,15H2,1-3H3,(H2,29,33)(H,31,34)(H,32,35)/t21-/m0/s1. The van der Waals surface area contributed by atoms with Crippen molar-refractivity contribution in [2.45, 2.75) is 76.5 Å². The van der Waals surface area contributed by atoms with Gasteiger partial charge in [0.15, 0.2) is 0 Å². The molecule has 9 nitrogen and oxygen atoms in total. The number of amides is 3. The van der Waals surface area contributed by atoms with E-state index in [0.717, 1.165) is 36.0 Å². The van der Waals surface area contributed by atoms with E-state index in [1.165, 1.54) is 6.20 Å². The number of carbonyl (C=O) groups excluding carboxylic acids is 3. The average Bonchev–Trinajstić information content (AvgIpc) is 2.83. The molecule has 2 aromatic rings. The molecule has 190 valence electrons. The number of nitriles is 1. The lowest BCUT2D eigenvalue weighted by atomic mass is 9.80. The molecule has 3 rings (SSSR count). The maximum atomic E-state index is 13.3. The number of benzene rings is 1. The van der Waals surface area contributed by atoms with Gasteiger partial charge in [0, 0.05) is 12.6 Å². The van der Waals surface area contributed by atoms with Crippen LogP contribution < -0.4 is 16.4 Å². The summed E-state index contributed by atoms with van der Waals surface area (Å²) in [5, 5.41) is 15.4. The van der Waals surface area contributed by atoms with E-state index in [9.17, 15) is 19.6 Å². The third-order valence-corrected chi connectivity index (χ3v) is 6.08. The Morgan fingerprint density at radius 3 is 2.36 bits per heavy atom. The molecule has 0 saturated heterocycles. The third kappa shape index (κ3) is 7.04. The van der Waals surface area contributed by atoms with Crippen LogP contribution >= 0.6 is 0 Å². The van der Waals surface area contributed by atoms with Gasteiger partial charge in [-0.25, -0.2) is 4.79 Å². The van der Waals surface area contributed by atoms with Gasteiger partial charge in [-0.2, -0.15) is 5.26 Å². The Morgan fingerprint density at radius 1 is 1.11 bits per heavy atom. The lowest BCUT2D eigenvalue weighted by Crippen LogP contribution is -2.61. The summed E-state index contributed by atoms with van der Waals surface area (Å²) in [6.07, 6.45) is 4.75. The number of nitrogens with zero attached hydrogens (tertiary/aromatic N) is 2. The van der Waals surface area contributed by atoms with Crippen LogP contribution in [-0.2, 0) is 16.0 Å². The number of nitrogens with one attached hydrogen (secondary N) is 2. The third-order valence-electron chi connectivity index (χ3n) is 6.08. The Morgan fingerprint density at radius 2 is 1.78 bits per heavy atom. The number of alkyl carbamates (subject to hydrolysis) is 1. The second-order valence-corrected chi connectivity index (χ2v) is 10.1. The number of ether oxygens (including phenoxy) is 1. The van der Waals surface area contributed by atoms with Crippen molar-refractivity contribution in [1.82, 2.24) is 15.6 Å². The van der Waals surface area contributed by atoms with Crippen molar-refractivity contribution in [3.05, 3.63) is 53.9 Å². The molecule has 0 unspecified atom stereocenters. The number of hydrogen-bond acceptors (Lipinski definition) is 6. The van der Waals surface area contributed by atoms with Crippen molar-refractivity contribution in [3.63, 3.8) is 0 Å². The van der Waals surface area contributed by atoms with E-state index in [2.05, 4.69) is 21.7 Å². The van der Waals surface area contributed by atoms with Gasteiger partial charge >= 0.3 is 6.09 Å². The van der Waals surface area contributed by atoms with Crippen molar-refractivity contribution in [3.8, 4) is 17.2 Å². The number of carbonyl (C=O) groups is 3. The molecule has 1 heterocycles. The summed E-state index contributed by atoms with van der Waals surface area (Å²) in [4.78, 5) is 41.2. The first-order valence-electron chi connectivity index (χ1n) is 12.1. The van der Waals surface area contributed by atoms with E-state index in [1.807, 2.05) is 24.3 Å². The second-order valence-electron chi connectivity index (χ2n) is 10.1. The van der Waals surface area contributed by atoms with Crippen LogP contribution in [0.15, 0.2) is 42.6 Å². The first-order valence-corrected chi connectivity index (χ1v) is 12.1. The summed E-state index contributed by atoms with van der Waals surface area (Å²) >= 11 is 0. The highest BCUT2D eigenvalue weighted by Gasteiger charge is 2.42. The van der Waals surface area contributed by atoms with Crippen LogP contribution in [0.1, 0.15) is 68.9 Å². The van der Waals surface area contributed by atoms with Crippen LogP contribution in [0.5, 0.6) is 0 Å². The minimum absolute atomic E-state index is 0.181. The zero-order valence-corrected chi connectivity index (χ0v) is 21.0. The molecular formula is C27H33N5O4. The molecule has 0 radical (unpaired) electrons. The molecule has 1 saturated carbocycles. The molecule has 0 spiro atoms. The first kappa shape index (κ1) is 26.7. The van der Waals surface area contributed by atoms with Crippen LogP contribution in [0.2, 0.25) is 0 Å². The Labute approximate surface area is 211 Å². The van der Waals surface area contributed by atoms with Crippen molar-refractivity contribution in [2.75, 3.05) is 0 Å². The molecular weight excluding hydrogens is 458 g/mol. The van der Waals surface area contributed by atoms with E-state index in [-0.39, 0.29) is 11.6 Å². The van der Waals surface area contributed by atoms with Crippen LogP contribution in [0.25, 0.3) is 11.1 Å². The SMILES string of the molecule is CC(C)(C)OC(=O)NC1(C(=O)N[C@H](C#N)Cc2ccc(-c3ccnc(C(N)=O)c3)cc2)CCCCC1. The minimum Gasteiger partial charge on any atom is -0.444 e. The van der Waals surface area contributed by atoms with Gasteiger partial charge in [-0.05, 0) is 62.4 Å². The maximum Gasteiger partial charge on any atom is 0.408 e. The molecule has 9 heteroatoms. The Bertz CT molecular complexity index is 1140. The van der Waals surface area contributed by atoms with Crippen molar-refractivity contribution in [1.29, 1.82) is 5.26 Å². The molecule has 0 bridgehead atoms. The fraction of sp³-hybridized carbons (Fsp3) is 0.444. The van der Waals surface area contributed by atoms with Crippen LogP contribution in [0, 0.1) is 11.3 Å². The Balaban J connectivity index is 1.69. The summed E-state index contributed by atoms with van der Waals surface area (Å²) in [7, 11) is 0. The van der Waals surface area contributed by atoms with E-state index in [0.29, 0.717) is 19.3 Å². The quantitative estimate of drug-likeness (QED) is 0.539. The molecule has 1 atom stereocenters. The van der Waals surface area contributed by atoms with Gasteiger partial charge in [0.25, 0.3) is 5.91 Å². The van der Waals surface area contributed by atoms with Gasteiger partial charge in [-0.1, -0.05) is 43.5 Å². The van der Waals surface area contributed by atoms with Gasteiger partial charge in [0.1, 0.15) is 22.9 Å². The summed E-state index contributed by atoms with van der Waals surface area (Å²) in [6, 6.07) is 12.3. The summed E-state index contributed by atoms with van der Waals surface area (Å²) in [6.45, 7) is 5.30. The fourth-order valence-corrected chi connectivity index (χ4v) is 4.30. The fourth-order valence-electron chi connectivity index (χ4n) is 4.30. The average molecular weight is 492 g/mol. The van der Waals surface area contributed by atoms with E-state index < -0.39 is 29.2 Å². The zero-order valence-electron chi connectivity index (χ0n) is 21.0. The van der Waals surface area contributed by atoms with Crippen LogP contribution in [0.3, 0.4) is 0 Å². The lowest BCUT2D eigenvalue weighted by molar-refractivity contribution is -0.129. The number of hydrogen-bond donors (Lipinski definition) is 3. The number of primary amides is 1. The Kier molecular flexibility index (Phi) is 8.30. The highest BCUT2D eigenvalue weighted by molar-refractivity contribution is 5.92. The first-order chi connectivity index (χ1) is 17.0. The predicted octanol–water partition coefficient (Wildman–Crippen LogP) is 3.63. The molecule has 1 fully saturated rings. The van der Waals surface area contributed by atoms with E-state index in [1.54, 1.807) is 32.9 Å². The molecule has 36 heavy (non-hydrogen) atoms. The van der Waals surface area contributed by atoms with Crippen molar-refractivity contribution >= 4 is 17.9 Å². The number of nitrogens with two attached hydrogens (primary N) is 1. The maximum absolute atomic E-state index is 13.3. The number of rotatable bonds is 7. The van der Waals surface area contributed by atoms with Crippen molar-refractivity contribution in [2.24, 2.45) is 5.73 Å². The highest BCUT2D eigenvalue weighted by Crippen LogP contribution is 2.29. The zero-order chi connectivity index (χ0) is 26.3. The molecule has 0 aliphatic heterocycles. The van der Waals surface area contributed by atoms with E-state index >= 15 is 0 Å². The molecule has 1 aromatic carbocycles. The minimum atomic E-state index is -1.10. The highest BCUT2D eigenvalue weighted by atomic mass is 16.6. The number of aromatic nitrogens is 1. The summed E-state index contributed by atoms with van der Waals surface area (Å²) < 4.78 is 5.39. The largest absolute Gasteiger partial charge is 0.444 e. The predicted molar refractivity (Wildman–Crippen MR) is 135 cm³/mol. The number of pyridine rings is 1. The second kappa shape index (κ2) is 11.2. The smallest absolute Gasteiger partial charge is 0.408 e. The van der Waals surface area contributed by atoms with Gasteiger partial charge in [0.05, 0.1) is 6.07 Å². The van der Waals surface area contributed by atoms with Crippen LogP contribution in [0.4, 0.5) is 4.79 Å². The molecule has 3 amide bonds. The monoisotopic (exact) mass is 491 g/mol. The molecule has 1 aliphatic rings. The van der Waals surface area contributed by atoms with Gasteiger partial charge in [-0.3, -0.25) is 14.6 Å². The summed E-state index contributed by atoms with van der Waals surface area (Å²) in [5.41, 5.74) is 6.23. The Hall–Kier alpha value is -3.93. The van der Waals surface area contributed by atoms with Gasteiger partial charge < -0.3 is 21.1 Å². The molecule has 1 aliphatic carbocycles. The van der Waals surface area contributed by atoms with Gasteiger partial charge in [0.2, 0.25) is 5.91 Å². The van der Waals surface area contributed by atoms with E-state index in [4.69, 9.17) is 10.5 Å². The normalized spacial score (nSPS) is 15.7. The van der Waals surface area contributed by atoms with Crippen molar-refractivity contribution < 1.29 is 19.1 Å². The molecule has 1 aromatic heterocycles. The van der Waals surface area contributed by atoms with Gasteiger partial charge in [-0.15, -0.1) is 0 Å². The lowest BCUT2D eigenvalue weighted by Gasteiger charge is -2.37.